The van der Waals surface area contributed by atoms with Crippen LogP contribution in [-0.4, -0.2) is 40.2 Å². The summed E-state index contributed by atoms with van der Waals surface area (Å²) in [4.78, 5) is 18.0. The average Bonchev–Trinajstić information content (AvgIpc) is 3.00. The third-order valence-electron chi connectivity index (χ3n) is 3.99. The second-order valence-electron chi connectivity index (χ2n) is 5.59. The molecule has 0 bridgehead atoms. The fourth-order valence-corrected chi connectivity index (χ4v) is 2.58. The zero-order chi connectivity index (χ0) is 17.1. The molecular weight excluding hydrogens is 318 g/mol. The fraction of sp³-hybridized carbons (Fsp3) is 0.375. The Balaban J connectivity index is 1.61. The minimum absolute atomic E-state index is 0.242. The predicted molar refractivity (Wildman–Crippen MR) is 82.1 cm³/mol. The Morgan fingerprint density at radius 2 is 2.25 bits per heavy atom. The zero-order valence-electron chi connectivity index (χ0n) is 13.2. The molecule has 2 heterocycles. The highest BCUT2D eigenvalue weighted by atomic mass is 19.2. The number of imidazole rings is 1. The van der Waals surface area contributed by atoms with Crippen molar-refractivity contribution in [3.05, 3.63) is 53.6 Å². The lowest BCUT2D eigenvalue weighted by atomic mass is 10.1. The third-order valence-corrected chi connectivity index (χ3v) is 3.99. The molecule has 1 saturated heterocycles. The molecule has 1 aromatic carbocycles. The summed E-state index contributed by atoms with van der Waals surface area (Å²) >= 11 is 0. The van der Waals surface area contributed by atoms with Crippen LogP contribution in [0.4, 0.5) is 13.6 Å². The van der Waals surface area contributed by atoms with Crippen LogP contribution >= 0.6 is 0 Å². The van der Waals surface area contributed by atoms with E-state index in [2.05, 4.69) is 10.3 Å². The van der Waals surface area contributed by atoms with Gasteiger partial charge in [-0.25, -0.2) is 18.6 Å². The van der Waals surface area contributed by atoms with Gasteiger partial charge in [0.2, 0.25) is 0 Å². The molecule has 0 radical (unpaired) electrons. The van der Waals surface area contributed by atoms with Crippen molar-refractivity contribution < 1.29 is 18.3 Å². The van der Waals surface area contributed by atoms with Gasteiger partial charge < -0.3 is 19.5 Å². The number of ether oxygens (including phenoxy) is 1. The van der Waals surface area contributed by atoms with E-state index in [1.807, 2.05) is 11.6 Å². The van der Waals surface area contributed by atoms with Gasteiger partial charge in [-0.05, 0) is 17.7 Å². The van der Waals surface area contributed by atoms with E-state index in [0.29, 0.717) is 25.3 Å². The van der Waals surface area contributed by atoms with E-state index in [9.17, 15) is 13.6 Å². The molecule has 24 heavy (non-hydrogen) atoms. The van der Waals surface area contributed by atoms with Gasteiger partial charge in [0, 0.05) is 26.0 Å². The molecule has 1 atom stereocenters. The van der Waals surface area contributed by atoms with Crippen molar-refractivity contribution in [3.63, 3.8) is 0 Å². The highest BCUT2D eigenvalue weighted by Crippen LogP contribution is 2.23. The lowest BCUT2D eigenvalue weighted by Crippen LogP contribution is -2.47. The lowest BCUT2D eigenvalue weighted by Gasteiger charge is -2.33. The van der Waals surface area contributed by atoms with Gasteiger partial charge in [0.05, 0.1) is 19.7 Å². The number of aromatic nitrogens is 2. The van der Waals surface area contributed by atoms with E-state index in [-0.39, 0.29) is 12.6 Å². The maximum atomic E-state index is 13.4. The Morgan fingerprint density at radius 1 is 1.42 bits per heavy atom. The summed E-state index contributed by atoms with van der Waals surface area (Å²) in [5.74, 6) is -1.08. The van der Waals surface area contributed by atoms with Crippen LogP contribution in [0.3, 0.4) is 0 Å². The smallest absolute Gasteiger partial charge is 0.317 e. The second-order valence-corrected chi connectivity index (χ2v) is 5.59. The standard InChI is InChI=1S/C16H18F2N4O2/c1-21-5-4-19-15(21)9-20-16(23)22-6-7-24-14(10-22)11-2-3-12(17)13(18)8-11/h2-5,8,14H,6-7,9-10H2,1H3,(H,20,23). The lowest BCUT2D eigenvalue weighted by molar-refractivity contribution is -0.0156. The van der Waals surface area contributed by atoms with E-state index in [4.69, 9.17) is 4.74 Å². The number of benzene rings is 1. The molecule has 2 aromatic rings. The Hall–Kier alpha value is -2.48. The van der Waals surface area contributed by atoms with Gasteiger partial charge in [0.25, 0.3) is 0 Å². The molecule has 1 aliphatic heterocycles. The Kier molecular flexibility index (Phi) is 4.75. The van der Waals surface area contributed by atoms with Gasteiger partial charge in [0.15, 0.2) is 11.6 Å². The number of amides is 2. The number of aryl methyl sites for hydroxylation is 1. The van der Waals surface area contributed by atoms with E-state index in [1.165, 1.54) is 6.07 Å². The van der Waals surface area contributed by atoms with Gasteiger partial charge in [-0.1, -0.05) is 6.07 Å². The van der Waals surface area contributed by atoms with Crippen LogP contribution < -0.4 is 5.32 Å². The molecule has 8 heteroatoms. The molecule has 2 amide bonds. The van der Waals surface area contributed by atoms with Crippen molar-refractivity contribution in [2.24, 2.45) is 7.05 Å². The number of nitrogens with one attached hydrogen (secondary N) is 1. The SMILES string of the molecule is Cn1ccnc1CNC(=O)N1CCOC(c2ccc(F)c(F)c2)C1. The summed E-state index contributed by atoms with van der Waals surface area (Å²) in [6.45, 7) is 1.36. The number of hydrogen-bond donors (Lipinski definition) is 1. The maximum absolute atomic E-state index is 13.4. The van der Waals surface area contributed by atoms with Crippen LogP contribution in [-0.2, 0) is 18.3 Å². The summed E-state index contributed by atoms with van der Waals surface area (Å²) < 4.78 is 33.8. The van der Waals surface area contributed by atoms with Crippen LogP contribution in [0.5, 0.6) is 0 Å². The van der Waals surface area contributed by atoms with Gasteiger partial charge >= 0.3 is 6.03 Å². The first-order valence-electron chi connectivity index (χ1n) is 7.60. The predicted octanol–water partition coefficient (Wildman–Crippen LogP) is 1.98. The fourth-order valence-electron chi connectivity index (χ4n) is 2.58. The van der Waals surface area contributed by atoms with E-state index >= 15 is 0 Å². The number of urea groups is 1. The highest BCUT2D eigenvalue weighted by Gasteiger charge is 2.26. The van der Waals surface area contributed by atoms with Crippen LogP contribution in [0, 0.1) is 11.6 Å². The summed E-state index contributed by atoms with van der Waals surface area (Å²) in [6.07, 6.45) is 2.98. The number of halogens is 2. The average molecular weight is 336 g/mol. The van der Waals surface area contributed by atoms with Crippen molar-refractivity contribution in [1.29, 1.82) is 0 Å². The van der Waals surface area contributed by atoms with Gasteiger partial charge in [-0.3, -0.25) is 0 Å². The highest BCUT2D eigenvalue weighted by molar-refractivity contribution is 5.74. The van der Waals surface area contributed by atoms with Gasteiger partial charge in [0.1, 0.15) is 11.9 Å². The summed E-state index contributed by atoms with van der Waals surface area (Å²) in [5, 5.41) is 2.80. The van der Waals surface area contributed by atoms with Crippen molar-refractivity contribution in [2.75, 3.05) is 19.7 Å². The molecule has 1 fully saturated rings. The second kappa shape index (κ2) is 6.96. The van der Waals surface area contributed by atoms with Crippen LogP contribution in [0.2, 0.25) is 0 Å². The van der Waals surface area contributed by atoms with Crippen LogP contribution in [0.15, 0.2) is 30.6 Å². The normalized spacial score (nSPS) is 17.8. The quantitative estimate of drug-likeness (QED) is 0.932. The minimum atomic E-state index is -0.924. The third kappa shape index (κ3) is 3.53. The van der Waals surface area contributed by atoms with E-state index in [0.717, 1.165) is 18.0 Å². The van der Waals surface area contributed by atoms with Gasteiger partial charge in [-0.15, -0.1) is 0 Å². The van der Waals surface area contributed by atoms with E-state index in [1.54, 1.807) is 17.3 Å². The summed E-state index contributed by atoms with van der Waals surface area (Å²) in [7, 11) is 1.85. The minimum Gasteiger partial charge on any atom is -0.370 e. The zero-order valence-corrected chi connectivity index (χ0v) is 13.2. The number of hydrogen-bond acceptors (Lipinski definition) is 3. The van der Waals surface area contributed by atoms with E-state index < -0.39 is 17.7 Å². The van der Waals surface area contributed by atoms with Crippen molar-refractivity contribution >= 4 is 6.03 Å². The number of carbonyl (C=O) groups is 1. The Bertz CT molecular complexity index is 735. The first-order valence-corrected chi connectivity index (χ1v) is 7.60. The van der Waals surface area contributed by atoms with Crippen molar-refractivity contribution in [1.82, 2.24) is 19.8 Å². The monoisotopic (exact) mass is 336 g/mol. The molecule has 6 nitrogen and oxygen atoms in total. The molecule has 1 aliphatic rings. The van der Waals surface area contributed by atoms with Crippen molar-refractivity contribution in [2.45, 2.75) is 12.6 Å². The maximum Gasteiger partial charge on any atom is 0.317 e. The molecule has 0 spiro atoms. The molecule has 3 rings (SSSR count). The molecule has 1 aromatic heterocycles. The molecule has 0 aliphatic carbocycles. The summed E-state index contributed by atoms with van der Waals surface area (Å²) in [6, 6.07) is 3.40. The Morgan fingerprint density at radius 3 is 2.96 bits per heavy atom. The number of nitrogens with zero attached hydrogens (tertiary/aromatic N) is 3. The number of carbonyl (C=O) groups excluding carboxylic acids is 1. The molecule has 1 unspecified atom stereocenters. The first kappa shape index (κ1) is 16.4. The number of morpholine rings is 1. The van der Waals surface area contributed by atoms with Gasteiger partial charge in [-0.2, -0.15) is 0 Å². The number of rotatable bonds is 3. The molecular formula is C16H18F2N4O2. The van der Waals surface area contributed by atoms with Crippen LogP contribution in [0.25, 0.3) is 0 Å². The largest absolute Gasteiger partial charge is 0.370 e. The molecule has 0 saturated carbocycles. The first-order chi connectivity index (χ1) is 11.5. The molecule has 1 N–H and O–H groups in total. The summed E-state index contributed by atoms with van der Waals surface area (Å²) in [5.41, 5.74) is 0.510. The topological polar surface area (TPSA) is 59.4 Å². The van der Waals surface area contributed by atoms with Crippen molar-refractivity contribution in [3.8, 4) is 0 Å². The molecule has 128 valence electrons. The van der Waals surface area contributed by atoms with Crippen LogP contribution in [0.1, 0.15) is 17.5 Å². The Labute approximate surface area is 138 Å².